The maximum absolute atomic E-state index is 13.7. The summed E-state index contributed by atoms with van der Waals surface area (Å²) in [6.07, 6.45) is 1.32. The molecule has 2 heterocycles. The number of rotatable bonds is 6. The minimum atomic E-state index is -0.108. The first-order chi connectivity index (χ1) is 17.4. The van der Waals surface area contributed by atoms with E-state index in [1.807, 2.05) is 61.5 Å². The van der Waals surface area contributed by atoms with Gasteiger partial charge in [0.15, 0.2) is 0 Å². The second-order valence-electron chi connectivity index (χ2n) is 8.41. The molecule has 0 amide bonds. The molecule has 36 heavy (non-hydrogen) atoms. The van der Waals surface area contributed by atoms with Crippen LogP contribution in [-0.4, -0.2) is 25.4 Å². The number of phenolic OH excluding ortho intramolecular Hbond substituents is 1. The number of benzene rings is 3. The van der Waals surface area contributed by atoms with Crippen molar-refractivity contribution in [2.24, 2.45) is 0 Å². The molecule has 0 fully saturated rings. The molecule has 2 aromatic heterocycles. The van der Waals surface area contributed by atoms with Crippen molar-refractivity contribution < 1.29 is 5.11 Å². The van der Waals surface area contributed by atoms with Gasteiger partial charge in [-0.25, -0.2) is 9.97 Å². The van der Waals surface area contributed by atoms with E-state index in [9.17, 15) is 9.90 Å². The number of hydrogen-bond donors (Lipinski definition) is 4. The smallest absolute Gasteiger partial charge is 0.263 e. The highest BCUT2D eigenvalue weighted by molar-refractivity contribution is 6.16. The van der Waals surface area contributed by atoms with E-state index in [1.165, 1.54) is 18.5 Å². The lowest BCUT2D eigenvalue weighted by Crippen LogP contribution is -2.24. The van der Waals surface area contributed by atoms with Gasteiger partial charge in [0, 0.05) is 16.9 Å². The molecule has 0 radical (unpaired) electrons. The Bertz CT molecular complexity index is 1660. The van der Waals surface area contributed by atoms with E-state index in [2.05, 4.69) is 15.3 Å². The fourth-order valence-electron chi connectivity index (χ4n) is 4.34. The number of nitrogen functional groups attached to an aromatic ring is 1. The molecule has 0 aliphatic heterocycles. The Morgan fingerprint density at radius 3 is 2.58 bits per heavy atom. The molecular formula is C28H24N6O2. The molecule has 0 atom stereocenters. The number of phenols is 1. The topological polar surface area (TPSA) is 130 Å². The molecule has 0 spiro atoms. The molecule has 0 saturated carbocycles. The van der Waals surface area contributed by atoms with Gasteiger partial charge in [-0.2, -0.15) is 0 Å². The number of hydrogen-bond acceptors (Lipinski definition) is 7. The molecule has 5 N–H and O–H groups in total. The lowest BCUT2D eigenvalue weighted by atomic mass is 10.0. The highest BCUT2D eigenvalue weighted by Crippen LogP contribution is 2.25. The fourth-order valence-corrected chi connectivity index (χ4v) is 4.34. The van der Waals surface area contributed by atoms with E-state index < -0.39 is 0 Å². The summed E-state index contributed by atoms with van der Waals surface area (Å²) < 4.78 is 1.69. The van der Waals surface area contributed by atoms with Crippen molar-refractivity contribution in [3.05, 3.63) is 118 Å². The van der Waals surface area contributed by atoms with E-state index in [1.54, 1.807) is 16.7 Å². The quantitative estimate of drug-likeness (QED) is 0.269. The van der Waals surface area contributed by atoms with Crippen LogP contribution in [0.25, 0.3) is 16.5 Å². The molecule has 0 unspecified atom stereocenters. The zero-order valence-electron chi connectivity index (χ0n) is 19.6. The molecule has 0 bridgehead atoms. The predicted molar refractivity (Wildman–Crippen MR) is 142 cm³/mol. The van der Waals surface area contributed by atoms with Crippen LogP contribution in [0.15, 0.2) is 90.0 Å². The van der Waals surface area contributed by atoms with Gasteiger partial charge in [-0.1, -0.05) is 48.5 Å². The monoisotopic (exact) mass is 476 g/mol. The van der Waals surface area contributed by atoms with Crippen molar-refractivity contribution in [2.75, 3.05) is 11.1 Å². The average molecular weight is 477 g/mol. The number of aryl methyl sites for hydroxylation is 1. The first-order valence-electron chi connectivity index (χ1n) is 11.4. The van der Waals surface area contributed by atoms with E-state index in [-0.39, 0.29) is 29.4 Å². The van der Waals surface area contributed by atoms with Gasteiger partial charge in [0.1, 0.15) is 23.7 Å². The van der Waals surface area contributed by atoms with Crippen molar-refractivity contribution in [1.82, 2.24) is 14.5 Å². The number of para-hydroxylation sites is 1. The number of nitrogens with zero attached hydrogens (tertiary/aromatic N) is 3. The molecule has 3 aromatic carbocycles. The Balaban J connectivity index is 1.59. The van der Waals surface area contributed by atoms with E-state index in [0.29, 0.717) is 22.3 Å². The molecular weight excluding hydrogens is 452 g/mol. The fraction of sp³-hybridized carbons (Fsp3) is 0.0714. The summed E-state index contributed by atoms with van der Waals surface area (Å²) in [7, 11) is 0. The lowest BCUT2D eigenvalue weighted by Gasteiger charge is -2.18. The van der Waals surface area contributed by atoms with E-state index >= 15 is 0 Å². The van der Waals surface area contributed by atoms with Crippen molar-refractivity contribution in [2.45, 2.75) is 13.5 Å². The second kappa shape index (κ2) is 9.34. The number of fused-ring (bicyclic) bond motifs is 1. The van der Waals surface area contributed by atoms with Crippen LogP contribution in [0.1, 0.15) is 22.4 Å². The SMILES string of the molecule is Cc1cccc2cc(CNc3ncnc(N)c3C(=N)c3cccc(O)c3)n(-c3ccccc3)c(=O)c12. The van der Waals surface area contributed by atoms with Crippen LogP contribution >= 0.6 is 0 Å². The van der Waals surface area contributed by atoms with Crippen molar-refractivity contribution in [3.8, 4) is 11.4 Å². The van der Waals surface area contributed by atoms with Crippen LogP contribution in [0.4, 0.5) is 11.6 Å². The number of aromatic nitrogens is 3. The van der Waals surface area contributed by atoms with Crippen LogP contribution in [-0.2, 0) is 6.54 Å². The summed E-state index contributed by atoms with van der Waals surface area (Å²) in [5, 5.41) is 23.3. The van der Waals surface area contributed by atoms with Gasteiger partial charge in [-0.3, -0.25) is 14.8 Å². The maximum Gasteiger partial charge on any atom is 0.263 e. The number of nitrogens with one attached hydrogen (secondary N) is 2. The third-order valence-corrected chi connectivity index (χ3v) is 6.04. The van der Waals surface area contributed by atoms with Gasteiger partial charge in [0.25, 0.3) is 5.56 Å². The molecule has 5 aromatic rings. The summed E-state index contributed by atoms with van der Waals surface area (Å²) in [5.41, 5.74) is 9.28. The summed E-state index contributed by atoms with van der Waals surface area (Å²) in [6.45, 7) is 2.17. The third kappa shape index (κ3) is 4.16. The Hall–Kier alpha value is -4.98. The minimum Gasteiger partial charge on any atom is -0.508 e. The normalized spacial score (nSPS) is 10.9. The zero-order valence-corrected chi connectivity index (χ0v) is 19.6. The number of nitrogens with two attached hydrogens (primary N) is 1. The van der Waals surface area contributed by atoms with Gasteiger partial charge < -0.3 is 16.2 Å². The Kier molecular flexibility index (Phi) is 5.92. The molecule has 8 nitrogen and oxygen atoms in total. The number of anilines is 2. The molecule has 178 valence electrons. The largest absolute Gasteiger partial charge is 0.508 e. The molecule has 5 rings (SSSR count). The third-order valence-electron chi connectivity index (χ3n) is 6.04. The summed E-state index contributed by atoms with van der Waals surface area (Å²) in [6, 6.07) is 23.6. The number of aromatic hydroxyl groups is 1. The Morgan fingerprint density at radius 1 is 1.03 bits per heavy atom. The van der Waals surface area contributed by atoms with Crippen molar-refractivity contribution in [1.29, 1.82) is 5.41 Å². The van der Waals surface area contributed by atoms with Crippen LogP contribution < -0.4 is 16.6 Å². The molecule has 0 aliphatic carbocycles. The molecule has 8 heteroatoms. The maximum atomic E-state index is 13.7. The summed E-state index contributed by atoms with van der Waals surface area (Å²) in [5.74, 6) is 0.531. The first-order valence-corrected chi connectivity index (χ1v) is 11.4. The van der Waals surface area contributed by atoms with Gasteiger partial charge in [-0.15, -0.1) is 0 Å². The molecule has 0 saturated heterocycles. The van der Waals surface area contributed by atoms with Gasteiger partial charge in [-0.05, 0) is 48.2 Å². The zero-order chi connectivity index (χ0) is 25.2. The highest BCUT2D eigenvalue weighted by atomic mass is 16.3. The van der Waals surface area contributed by atoms with E-state index in [4.69, 9.17) is 11.1 Å². The lowest BCUT2D eigenvalue weighted by molar-refractivity contribution is 0.475. The van der Waals surface area contributed by atoms with Crippen LogP contribution in [0.2, 0.25) is 0 Å². The average Bonchev–Trinajstić information content (AvgIpc) is 2.87. The number of pyridine rings is 1. The first kappa shape index (κ1) is 22.8. The highest BCUT2D eigenvalue weighted by Gasteiger charge is 2.18. The summed E-state index contributed by atoms with van der Waals surface area (Å²) >= 11 is 0. The Labute approximate surface area is 207 Å². The van der Waals surface area contributed by atoms with Crippen molar-refractivity contribution >= 4 is 28.1 Å². The van der Waals surface area contributed by atoms with Crippen LogP contribution in [0.5, 0.6) is 5.75 Å². The molecule has 0 aliphatic rings. The second-order valence-corrected chi connectivity index (χ2v) is 8.41. The standard InChI is InChI=1S/C28H24N6O2/c1-17-7-5-8-18-13-21(34(28(36)23(17)18)20-10-3-2-4-11-20)15-31-27-24(26(30)32-16-33-27)25(29)19-9-6-12-22(35)14-19/h2-14,16,29,35H,15H2,1H3,(H3,30,31,32,33). The minimum absolute atomic E-state index is 0.0421. The summed E-state index contributed by atoms with van der Waals surface area (Å²) in [4.78, 5) is 22.1. The van der Waals surface area contributed by atoms with E-state index in [0.717, 1.165) is 22.3 Å². The van der Waals surface area contributed by atoms with Crippen molar-refractivity contribution in [3.63, 3.8) is 0 Å². The van der Waals surface area contributed by atoms with Gasteiger partial charge >= 0.3 is 0 Å². The van der Waals surface area contributed by atoms with Crippen LogP contribution in [0, 0.1) is 12.3 Å². The Morgan fingerprint density at radius 2 is 1.81 bits per heavy atom. The van der Waals surface area contributed by atoms with Gasteiger partial charge in [0.05, 0.1) is 23.2 Å². The van der Waals surface area contributed by atoms with Gasteiger partial charge in [0.2, 0.25) is 0 Å². The van der Waals surface area contributed by atoms with Crippen LogP contribution in [0.3, 0.4) is 0 Å². The predicted octanol–water partition coefficient (Wildman–Crippen LogP) is 4.41.